The number of ether oxygens (including phenoxy) is 1. The molecule has 3 atom stereocenters. The molecule has 2 saturated carbocycles. The summed E-state index contributed by atoms with van der Waals surface area (Å²) in [6.45, 7) is 0.784. The van der Waals surface area contributed by atoms with E-state index in [1.165, 1.54) is 23.6 Å². The van der Waals surface area contributed by atoms with Crippen LogP contribution in [0.25, 0.3) is 0 Å². The highest BCUT2D eigenvalue weighted by molar-refractivity contribution is 7.89. The van der Waals surface area contributed by atoms with Crippen molar-refractivity contribution >= 4 is 15.9 Å². The topological polar surface area (TPSA) is 75.7 Å². The Morgan fingerprint density at radius 1 is 1.07 bits per heavy atom. The van der Waals surface area contributed by atoms with E-state index in [4.69, 9.17) is 4.74 Å². The van der Waals surface area contributed by atoms with Crippen LogP contribution in [0.1, 0.15) is 38.5 Å². The number of benzene rings is 1. The van der Waals surface area contributed by atoms with Crippen molar-refractivity contribution in [2.24, 2.45) is 17.8 Å². The molecule has 148 valence electrons. The summed E-state index contributed by atoms with van der Waals surface area (Å²) in [6, 6.07) is 6.80. The molecule has 1 saturated heterocycles. The Labute approximate surface area is 161 Å². The Kier molecular flexibility index (Phi) is 5.16. The third kappa shape index (κ3) is 3.72. The zero-order chi connectivity index (χ0) is 19.0. The normalized spacial score (nSPS) is 29.0. The Balaban J connectivity index is 1.33. The van der Waals surface area contributed by atoms with Crippen LogP contribution in [-0.4, -0.2) is 44.9 Å². The highest BCUT2D eigenvalue weighted by atomic mass is 32.2. The van der Waals surface area contributed by atoms with Crippen LogP contribution in [0.5, 0.6) is 5.75 Å². The summed E-state index contributed by atoms with van der Waals surface area (Å²) in [4.78, 5) is 12.9. The lowest BCUT2D eigenvalue weighted by atomic mass is 9.93. The van der Waals surface area contributed by atoms with E-state index in [9.17, 15) is 13.2 Å². The van der Waals surface area contributed by atoms with Gasteiger partial charge in [-0.15, -0.1) is 0 Å². The van der Waals surface area contributed by atoms with Crippen LogP contribution in [0.2, 0.25) is 0 Å². The van der Waals surface area contributed by atoms with Crippen molar-refractivity contribution in [2.45, 2.75) is 49.5 Å². The number of nitrogens with one attached hydrogen (secondary N) is 1. The molecule has 1 amide bonds. The lowest BCUT2D eigenvalue weighted by Crippen LogP contribution is -2.46. The summed E-state index contributed by atoms with van der Waals surface area (Å²) in [6.07, 6.45) is 6.13. The fourth-order valence-corrected chi connectivity index (χ4v) is 6.45. The van der Waals surface area contributed by atoms with Crippen LogP contribution in [0.3, 0.4) is 0 Å². The van der Waals surface area contributed by atoms with Gasteiger partial charge < -0.3 is 10.1 Å². The standard InChI is InChI=1S/C20H28N2O4S/c1-26-17-4-6-18(7-5-17)27(24,25)22-10-8-15(9-11-22)20(23)21-19-13-14-2-3-16(19)12-14/h4-7,14-16,19H,2-3,8-13H2,1H3,(H,21,23)/t14-,16-,19-/m1/s1. The molecule has 7 heteroatoms. The molecular formula is C20H28N2O4S. The summed E-state index contributed by atoms with van der Waals surface area (Å²) in [7, 11) is -1.97. The maximum atomic E-state index is 12.8. The molecule has 0 spiro atoms. The van der Waals surface area contributed by atoms with Gasteiger partial charge in [0.2, 0.25) is 15.9 Å². The molecule has 4 rings (SSSR count). The second kappa shape index (κ2) is 7.43. The SMILES string of the molecule is COc1ccc(S(=O)(=O)N2CCC(C(=O)N[C@@H]3C[C@@H]4CC[C@@H]3C4)CC2)cc1. The average molecular weight is 393 g/mol. The minimum Gasteiger partial charge on any atom is -0.497 e. The highest BCUT2D eigenvalue weighted by Crippen LogP contribution is 2.44. The minimum atomic E-state index is -3.52. The Hall–Kier alpha value is -1.60. The summed E-state index contributed by atoms with van der Waals surface area (Å²) in [5, 5.41) is 3.26. The van der Waals surface area contributed by atoms with Crippen molar-refractivity contribution in [3.05, 3.63) is 24.3 Å². The smallest absolute Gasteiger partial charge is 0.243 e. The fraction of sp³-hybridized carbons (Fsp3) is 0.650. The summed E-state index contributed by atoms with van der Waals surface area (Å²) < 4.78 is 32.2. The first kappa shape index (κ1) is 18.7. The number of carbonyl (C=O) groups excluding carboxylic acids is 1. The van der Waals surface area contributed by atoms with Crippen molar-refractivity contribution in [3.8, 4) is 5.75 Å². The molecule has 6 nitrogen and oxygen atoms in total. The molecule has 3 aliphatic rings. The number of piperidine rings is 1. The molecule has 27 heavy (non-hydrogen) atoms. The predicted octanol–water partition coefficient (Wildman–Crippen LogP) is 2.40. The molecule has 3 fully saturated rings. The van der Waals surface area contributed by atoms with Gasteiger partial charge in [0.15, 0.2) is 0 Å². The van der Waals surface area contributed by atoms with Gasteiger partial charge in [-0.3, -0.25) is 4.79 Å². The molecule has 1 aromatic rings. The van der Waals surface area contributed by atoms with Crippen molar-refractivity contribution in [1.29, 1.82) is 0 Å². The molecular weight excluding hydrogens is 364 g/mol. The van der Waals surface area contributed by atoms with Crippen LogP contribution in [0.15, 0.2) is 29.2 Å². The van der Waals surface area contributed by atoms with E-state index >= 15 is 0 Å². The maximum absolute atomic E-state index is 12.8. The van der Waals surface area contributed by atoms with E-state index in [0.29, 0.717) is 43.6 Å². The first-order valence-electron chi connectivity index (χ1n) is 9.92. The molecule has 0 aromatic heterocycles. The first-order valence-corrected chi connectivity index (χ1v) is 11.4. The number of hydrogen-bond donors (Lipinski definition) is 1. The van der Waals surface area contributed by atoms with E-state index in [2.05, 4.69) is 5.32 Å². The fourth-order valence-electron chi connectivity index (χ4n) is 4.98. The number of fused-ring (bicyclic) bond motifs is 2. The molecule has 1 N–H and O–H groups in total. The molecule has 1 heterocycles. The number of methoxy groups -OCH3 is 1. The number of rotatable bonds is 5. The lowest BCUT2D eigenvalue weighted by Gasteiger charge is -2.32. The van der Waals surface area contributed by atoms with Gasteiger partial charge >= 0.3 is 0 Å². The van der Waals surface area contributed by atoms with Crippen LogP contribution >= 0.6 is 0 Å². The zero-order valence-electron chi connectivity index (χ0n) is 15.8. The predicted molar refractivity (Wildman–Crippen MR) is 102 cm³/mol. The van der Waals surface area contributed by atoms with Gasteiger partial charge in [-0.1, -0.05) is 6.42 Å². The third-order valence-electron chi connectivity index (χ3n) is 6.59. The average Bonchev–Trinajstić information content (AvgIpc) is 3.31. The van der Waals surface area contributed by atoms with Crippen LogP contribution in [-0.2, 0) is 14.8 Å². The lowest BCUT2D eigenvalue weighted by molar-refractivity contribution is -0.127. The monoisotopic (exact) mass is 392 g/mol. The van der Waals surface area contributed by atoms with Crippen molar-refractivity contribution in [2.75, 3.05) is 20.2 Å². The molecule has 2 bridgehead atoms. The second-order valence-corrected chi connectivity index (χ2v) is 10.1. The quantitative estimate of drug-likeness (QED) is 0.835. The van der Waals surface area contributed by atoms with Gasteiger partial charge in [0.1, 0.15) is 5.75 Å². The zero-order valence-corrected chi connectivity index (χ0v) is 16.6. The van der Waals surface area contributed by atoms with E-state index in [-0.39, 0.29) is 16.7 Å². The summed E-state index contributed by atoms with van der Waals surface area (Å²) >= 11 is 0. The minimum absolute atomic E-state index is 0.0774. The first-order chi connectivity index (χ1) is 13.0. The van der Waals surface area contributed by atoms with Gasteiger partial charge in [0, 0.05) is 25.0 Å². The van der Waals surface area contributed by atoms with Crippen molar-refractivity contribution in [1.82, 2.24) is 9.62 Å². The Morgan fingerprint density at radius 2 is 1.78 bits per heavy atom. The van der Waals surface area contributed by atoms with Crippen LogP contribution in [0.4, 0.5) is 0 Å². The summed E-state index contributed by atoms with van der Waals surface area (Å²) in [5.74, 6) is 2.14. The maximum Gasteiger partial charge on any atom is 0.243 e. The van der Waals surface area contributed by atoms with E-state index in [1.807, 2.05) is 0 Å². The number of amides is 1. The Morgan fingerprint density at radius 3 is 2.33 bits per heavy atom. The van der Waals surface area contributed by atoms with Gasteiger partial charge in [-0.2, -0.15) is 4.31 Å². The largest absolute Gasteiger partial charge is 0.497 e. The van der Waals surface area contributed by atoms with Crippen molar-refractivity contribution < 1.29 is 17.9 Å². The second-order valence-electron chi connectivity index (χ2n) is 8.14. The summed E-state index contributed by atoms with van der Waals surface area (Å²) in [5.41, 5.74) is 0. The van der Waals surface area contributed by atoms with Crippen LogP contribution in [0, 0.1) is 17.8 Å². The van der Waals surface area contributed by atoms with E-state index in [0.717, 1.165) is 12.3 Å². The van der Waals surface area contributed by atoms with E-state index in [1.54, 1.807) is 31.4 Å². The van der Waals surface area contributed by atoms with Gasteiger partial charge in [0.05, 0.1) is 12.0 Å². The van der Waals surface area contributed by atoms with Gasteiger partial charge in [-0.05, 0) is 68.2 Å². The van der Waals surface area contributed by atoms with Gasteiger partial charge in [0.25, 0.3) is 0 Å². The molecule has 2 aliphatic carbocycles. The highest BCUT2D eigenvalue weighted by Gasteiger charge is 2.41. The third-order valence-corrected chi connectivity index (χ3v) is 8.50. The number of nitrogens with zero attached hydrogens (tertiary/aromatic N) is 1. The van der Waals surface area contributed by atoms with E-state index < -0.39 is 10.0 Å². The molecule has 1 aliphatic heterocycles. The Bertz CT molecular complexity index is 785. The number of carbonyl (C=O) groups is 1. The number of hydrogen-bond acceptors (Lipinski definition) is 4. The molecule has 0 radical (unpaired) electrons. The van der Waals surface area contributed by atoms with Gasteiger partial charge in [-0.25, -0.2) is 8.42 Å². The molecule has 0 unspecified atom stereocenters. The van der Waals surface area contributed by atoms with Crippen molar-refractivity contribution in [3.63, 3.8) is 0 Å². The number of sulfonamides is 1. The van der Waals surface area contributed by atoms with Crippen LogP contribution < -0.4 is 10.1 Å². The molecule has 1 aromatic carbocycles.